The van der Waals surface area contributed by atoms with Gasteiger partial charge in [0.25, 0.3) is 0 Å². The van der Waals surface area contributed by atoms with Crippen molar-refractivity contribution in [3.8, 4) is 5.75 Å². The second-order valence-corrected chi connectivity index (χ2v) is 5.12. The molecule has 0 spiro atoms. The van der Waals surface area contributed by atoms with Crippen molar-refractivity contribution in [3.05, 3.63) is 53.1 Å². The number of imidazole rings is 1. The van der Waals surface area contributed by atoms with E-state index in [1.165, 1.54) is 0 Å². The fourth-order valence-electron chi connectivity index (χ4n) is 2.15. The zero-order chi connectivity index (χ0) is 14.1. The number of hydrogen-bond donors (Lipinski definition) is 3. The third-order valence-electron chi connectivity index (χ3n) is 3.19. The number of nitrogens with one attached hydrogen (secondary N) is 2. The van der Waals surface area contributed by atoms with Gasteiger partial charge in [-0.3, -0.25) is 0 Å². The van der Waals surface area contributed by atoms with Crippen LogP contribution in [0.5, 0.6) is 5.75 Å². The summed E-state index contributed by atoms with van der Waals surface area (Å²) < 4.78 is 0. The van der Waals surface area contributed by atoms with Gasteiger partial charge >= 0.3 is 0 Å². The topological polar surface area (TPSA) is 60.9 Å². The molecule has 1 aromatic heterocycles. The van der Waals surface area contributed by atoms with Crippen molar-refractivity contribution in [1.29, 1.82) is 0 Å². The van der Waals surface area contributed by atoms with Crippen molar-refractivity contribution >= 4 is 28.6 Å². The van der Waals surface area contributed by atoms with E-state index in [1.807, 2.05) is 37.3 Å². The zero-order valence-corrected chi connectivity index (χ0v) is 11.6. The van der Waals surface area contributed by atoms with E-state index in [9.17, 15) is 5.11 Å². The van der Waals surface area contributed by atoms with Crippen molar-refractivity contribution in [2.24, 2.45) is 0 Å². The monoisotopic (exact) mass is 287 g/mol. The quantitative estimate of drug-likeness (QED) is 0.680. The summed E-state index contributed by atoms with van der Waals surface area (Å²) in [6, 6.07) is 13.0. The number of phenols is 1. The number of aromatic nitrogens is 2. The van der Waals surface area contributed by atoms with Crippen LogP contribution in [0.2, 0.25) is 5.02 Å². The third-order valence-corrected chi connectivity index (χ3v) is 3.43. The van der Waals surface area contributed by atoms with E-state index in [2.05, 4.69) is 15.3 Å². The molecule has 3 rings (SSSR count). The number of aromatic amines is 1. The molecule has 3 aromatic rings. The molecule has 102 valence electrons. The van der Waals surface area contributed by atoms with Crippen molar-refractivity contribution in [3.63, 3.8) is 0 Å². The Labute approximate surface area is 121 Å². The maximum atomic E-state index is 9.74. The number of halogens is 1. The van der Waals surface area contributed by atoms with Crippen LogP contribution in [0.15, 0.2) is 42.5 Å². The van der Waals surface area contributed by atoms with Crippen LogP contribution in [0.3, 0.4) is 0 Å². The highest BCUT2D eigenvalue weighted by molar-refractivity contribution is 6.30. The Bertz CT molecular complexity index is 754. The number of nitrogens with zero attached hydrogens (tertiary/aromatic N) is 1. The molecular weight excluding hydrogens is 274 g/mol. The highest BCUT2D eigenvalue weighted by Gasteiger charge is 2.10. The predicted octanol–water partition coefficient (Wildman–Crippen LogP) is 4.10. The van der Waals surface area contributed by atoms with Gasteiger partial charge < -0.3 is 15.4 Å². The lowest BCUT2D eigenvalue weighted by Crippen LogP contribution is -2.07. The van der Waals surface area contributed by atoms with Gasteiger partial charge in [-0.15, -0.1) is 0 Å². The Morgan fingerprint density at radius 3 is 2.80 bits per heavy atom. The molecule has 0 fully saturated rings. The van der Waals surface area contributed by atoms with Crippen molar-refractivity contribution in [2.75, 3.05) is 5.32 Å². The van der Waals surface area contributed by atoms with Crippen LogP contribution in [0, 0.1) is 0 Å². The number of hydrogen-bond acceptors (Lipinski definition) is 3. The van der Waals surface area contributed by atoms with Crippen LogP contribution in [-0.4, -0.2) is 15.1 Å². The molecule has 0 bridgehead atoms. The average molecular weight is 288 g/mol. The molecule has 0 radical (unpaired) electrons. The summed E-state index contributed by atoms with van der Waals surface area (Å²) in [7, 11) is 0. The largest absolute Gasteiger partial charge is 0.506 e. The normalized spacial score (nSPS) is 12.5. The maximum absolute atomic E-state index is 9.74. The minimum Gasteiger partial charge on any atom is -0.506 e. The highest BCUT2D eigenvalue weighted by atomic mass is 35.5. The van der Waals surface area contributed by atoms with Gasteiger partial charge in [0.15, 0.2) is 0 Å². The molecule has 0 saturated heterocycles. The van der Waals surface area contributed by atoms with Crippen LogP contribution in [0.25, 0.3) is 11.0 Å². The molecule has 3 N–H and O–H groups in total. The summed E-state index contributed by atoms with van der Waals surface area (Å²) in [4.78, 5) is 7.49. The lowest BCUT2D eigenvalue weighted by Gasteiger charge is -2.13. The van der Waals surface area contributed by atoms with Gasteiger partial charge in [0, 0.05) is 5.02 Å². The van der Waals surface area contributed by atoms with Gasteiger partial charge in [-0.1, -0.05) is 29.8 Å². The van der Waals surface area contributed by atoms with Crippen molar-refractivity contribution < 1.29 is 5.11 Å². The number of aromatic hydroxyl groups is 1. The molecule has 0 aliphatic carbocycles. The first-order valence-electron chi connectivity index (χ1n) is 6.33. The van der Waals surface area contributed by atoms with Crippen LogP contribution in [-0.2, 0) is 0 Å². The minimum atomic E-state index is 0.0522. The standard InChI is InChI=1S/C15H14ClN3O/c1-9(10-4-2-5-11(16)8-10)17-15-18-12-6-3-7-13(20)14(12)19-15/h2-9,20H,1H3,(H2,17,18,19)/t9-/m1/s1. The first-order chi connectivity index (χ1) is 9.63. The smallest absolute Gasteiger partial charge is 0.201 e. The predicted molar refractivity (Wildman–Crippen MR) is 81.2 cm³/mol. The van der Waals surface area contributed by atoms with Crippen molar-refractivity contribution in [2.45, 2.75) is 13.0 Å². The van der Waals surface area contributed by atoms with Crippen molar-refractivity contribution in [1.82, 2.24) is 9.97 Å². The number of fused-ring (bicyclic) bond motifs is 1. The summed E-state index contributed by atoms with van der Waals surface area (Å²) in [6.07, 6.45) is 0. The lowest BCUT2D eigenvalue weighted by molar-refractivity contribution is 0.480. The number of anilines is 1. The fraction of sp³-hybridized carbons (Fsp3) is 0.133. The van der Waals surface area contributed by atoms with E-state index in [1.54, 1.807) is 12.1 Å². The minimum absolute atomic E-state index is 0.0522. The van der Waals surface area contributed by atoms with E-state index in [0.29, 0.717) is 16.5 Å². The fourth-order valence-corrected chi connectivity index (χ4v) is 2.35. The molecule has 0 aliphatic heterocycles. The Kier molecular flexibility index (Phi) is 3.24. The number of H-pyrrole nitrogens is 1. The van der Waals surface area contributed by atoms with E-state index < -0.39 is 0 Å². The summed E-state index contributed by atoms with van der Waals surface area (Å²) in [5, 5.41) is 13.7. The number of benzene rings is 2. The molecule has 1 atom stereocenters. The summed E-state index contributed by atoms with van der Waals surface area (Å²) in [6.45, 7) is 2.03. The lowest BCUT2D eigenvalue weighted by atomic mass is 10.1. The summed E-state index contributed by atoms with van der Waals surface area (Å²) in [5.74, 6) is 0.788. The first-order valence-corrected chi connectivity index (χ1v) is 6.71. The van der Waals surface area contributed by atoms with Gasteiger partial charge in [-0.05, 0) is 36.8 Å². The molecular formula is C15H14ClN3O. The Hall–Kier alpha value is -2.20. The molecule has 5 heteroatoms. The Balaban J connectivity index is 1.87. The molecule has 0 amide bonds. The van der Waals surface area contributed by atoms with Crippen LogP contribution in [0.4, 0.5) is 5.95 Å². The molecule has 0 unspecified atom stereocenters. The summed E-state index contributed by atoms with van der Waals surface area (Å²) in [5.41, 5.74) is 2.43. The number of rotatable bonds is 3. The number of para-hydroxylation sites is 1. The average Bonchev–Trinajstić information content (AvgIpc) is 2.83. The second-order valence-electron chi connectivity index (χ2n) is 4.68. The van der Waals surface area contributed by atoms with Gasteiger partial charge in [0.1, 0.15) is 11.3 Å². The van der Waals surface area contributed by atoms with Crippen LogP contribution >= 0.6 is 11.6 Å². The molecule has 20 heavy (non-hydrogen) atoms. The van der Waals surface area contributed by atoms with E-state index in [4.69, 9.17) is 11.6 Å². The van der Waals surface area contributed by atoms with E-state index >= 15 is 0 Å². The molecule has 2 aromatic carbocycles. The zero-order valence-electron chi connectivity index (χ0n) is 10.9. The maximum Gasteiger partial charge on any atom is 0.201 e. The Morgan fingerprint density at radius 1 is 1.25 bits per heavy atom. The molecule has 1 heterocycles. The molecule has 4 nitrogen and oxygen atoms in total. The molecule has 0 saturated carbocycles. The van der Waals surface area contributed by atoms with Gasteiger partial charge in [0.05, 0.1) is 11.6 Å². The van der Waals surface area contributed by atoms with E-state index in [-0.39, 0.29) is 11.8 Å². The Morgan fingerprint density at radius 2 is 2.05 bits per heavy atom. The van der Waals surface area contributed by atoms with Gasteiger partial charge in [0.2, 0.25) is 5.95 Å². The third kappa shape index (κ3) is 2.42. The SMILES string of the molecule is C[C@@H](Nc1nc2c(O)cccc2[nH]1)c1cccc(Cl)c1. The van der Waals surface area contributed by atoms with Gasteiger partial charge in [-0.2, -0.15) is 0 Å². The first kappa shape index (κ1) is 12.8. The van der Waals surface area contributed by atoms with Gasteiger partial charge in [-0.25, -0.2) is 4.98 Å². The van der Waals surface area contributed by atoms with Crippen LogP contribution in [0.1, 0.15) is 18.5 Å². The highest BCUT2D eigenvalue weighted by Crippen LogP contribution is 2.26. The van der Waals surface area contributed by atoms with E-state index in [0.717, 1.165) is 11.1 Å². The second kappa shape index (κ2) is 5.06. The summed E-state index contributed by atoms with van der Waals surface area (Å²) >= 11 is 5.99. The van der Waals surface area contributed by atoms with Crippen LogP contribution < -0.4 is 5.32 Å². The number of phenolic OH excluding ortho intramolecular Hbond substituents is 1. The molecule has 0 aliphatic rings.